The predicted molar refractivity (Wildman–Crippen MR) is 114 cm³/mol. The Labute approximate surface area is 168 Å². The summed E-state index contributed by atoms with van der Waals surface area (Å²) in [5, 5.41) is 2.11. The molecule has 27 heavy (non-hydrogen) atoms. The largest absolute Gasteiger partial charge is 0.469 e. The van der Waals surface area contributed by atoms with Gasteiger partial charge in [0.05, 0.1) is 12.5 Å². The maximum atomic E-state index is 11.3. The van der Waals surface area contributed by atoms with Gasteiger partial charge in [-0.15, -0.1) is 23.1 Å². The fourth-order valence-electron chi connectivity index (χ4n) is 3.00. The number of ether oxygens (including phenoxy) is 1. The van der Waals surface area contributed by atoms with Crippen molar-refractivity contribution in [1.29, 1.82) is 0 Å². The SMILES string of the molecule is COC(=O)CCCSc1ncnc2sc(C)c(-c3ccc(C(C)C)cc3)c12. The number of thioether (sulfide) groups is 1. The van der Waals surface area contributed by atoms with Crippen LogP contribution in [0.25, 0.3) is 21.3 Å². The topological polar surface area (TPSA) is 52.1 Å². The Morgan fingerprint density at radius 2 is 1.96 bits per heavy atom. The number of fused-ring (bicyclic) bond motifs is 1. The molecule has 0 spiro atoms. The van der Waals surface area contributed by atoms with E-state index in [2.05, 4.69) is 55.0 Å². The Morgan fingerprint density at radius 1 is 1.22 bits per heavy atom. The third kappa shape index (κ3) is 4.50. The molecule has 0 radical (unpaired) electrons. The number of hydrogen-bond donors (Lipinski definition) is 0. The Morgan fingerprint density at radius 3 is 2.63 bits per heavy atom. The monoisotopic (exact) mass is 400 g/mol. The third-order valence-corrected chi connectivity index (χ3v) is 6.58. The highest BCUT2D eigenvalue weighted by Crippen LogP contribution is 2.41. The highest BCUT2D eigenvalue weighted by atomic mass is 32.2. The van der Waals surface area contributed by atoms with Crippen molar-refractivity contribution in [3.05, 3.63) is 41.0 Å². The predicted octanol–water partition coefficient (Wildman–Crippen LogP) is 5.84. The molecule has 4 nitrogen and oxygen atoms in total. The minimum atomic E-state index is -0.166. The van der Waals surface area contributed by atoms with Crippen LogP contribution in [0.1, 0.15) is 43.0 Å². The lowest BCUT2D eigenvalue weighted by Gasteiger charge is -2.09. The molecular weight excluding hydrogens is 376 g/mol. The van der Waals surface area contributed by atoms with Gasteiger partial charge in [-0.3, -0.25) is 4.79 Å². The van der Waals surface area contributed by atoms with E-state index in [1.807, 2.05) is 0 Å². The van der Waals surface area contributed by atoms with Gasteiger partial charge in [-0.25, -0.2) is 9.97 Å². The number of benzene rings is 1. The fraction of sp³-hybridized carbons (Fsp3) is 0.381. The molecule has 142 valence electrons. The quantitative estimate of drug-likeness (QED) is 0.216. The smallest absolute Gasteiger partial charge is 0.305 e. The molecule has 6 heteroatoms. The minimum absolute atomic E-state index is 0.166. The second-order valence-electron chi connectivity index (χ2n) is 6.70. The van der Waals surface area contributed by atoms with Gasteiger partial charge in [0.15, 0.2) is 0 Å². The molecule has 3 rings (SSSR count). The van der Waals surface area contributed by atoms with Gasteiger partial charge in [-0.1, -0.05) is 38.1 Å². The Balaban J connectivity index is 1.91. The molecular formula is C21H24N2O2S2. The minimum Gasteiger partial charge on any atom is -0.469 e. The summed E-state index contributed by atoms with van der Waals surface area (Å²) in [6.07, 6.45) is 2.83. The van der Waals surface area contributed by atoms with Gasteiger partial charge in [0, 0.05) is 22.6 Å². The lowest BCUT2D eigenvalue weighted by atomic mass is 9.98. The number of methoxy groups -OCH3 is 1. The summed E-state index contributed by atoms with van der Waals surface area (Å²) in [6.45, 7) is 6.55. The van der Waals surface area contributed by atoms with E-state index in [0.717, 1.165) is 27.4 Å². The second kappa shape index (κ2) is 8.85. The zero-order valence-corrected chi connectivity index (χ0v) is 17.7. The molecule has 2 aromatic heterocycles. The van der Waals surface area contributed by atoms with Gasteiger partial charge in [0.1, 0.15) is 16.2 Å². The van der Waals surface area contributed by atoms with Crippen LogP contribution in [0.4, 0.5) is 0 Å². The summed E-state index contributed by atoms with van der Waals surface area (Å²) in [7, 11) is 1.43. The molecule has 0 saturated carbocycles. The number of aromatic nitrogens is 2. The van der Waals surface area contributed by atoms with E-state index in [-0.39, 0.29) is 5.97 Å². The standard InChI is InChI=1S/C21H24N2O2S2/c1-13(2)15-7-9-16(10-8-15)18-14(3)27-21-19(18)20(22-12-23-21)26-11-5-6-17(24)25-4/h7-10,12-13H,5-6,11H2,1-4H3. The average Bonchev–Trinajstić information content (AvgIpc) is 3.01. The van der Waals surface area contributed by atoms with Crippen LogP contribution < -0.4 is 0 Å². The van der Waals surface area contributed by atoms with Crippen molar-refractivity contribution >= 4 is 39.3 Å². The van der Waals surface area contributed by atoms with Crippen LogP contribution in [0.3, 0.4) is 0 Å². The number of rotatable bonds is 7. The Hall–Kier alpha value is -1.92. The van der Waals surface area contributed by atoms with E-state index < -0.39 is 0 Å². The van der Waals surface area contributed by atoms with Crippen LogP contribution in [-0.4, -0.2) is 28.8 Å². The van der Waals surface area contributed by atoms with Crippen LogP contribution in [-0.2, 0) is 9.53 Å². The van der Waals surface area contributed by atoms with E-state index in [0.29, 0.717) is 12.3 Å². The van der Waals surface area contributed by atoms with Crippen molar-refractivity contribution < 1.29 is 9.53 Å². The summed E-state index contributed by atoms with van der Waals surface area (Å²) in [5.74, 6) is 1.17. The zero-order valence-electron chi connectivity index (χ0n) is 16.1. The van der Waals surface area contributed by atoms with Crippen molar-refractivity contribution in [2.75, 3.05) is 12.9 Å². The first-order valence-corrected chi connectivity index (χ1v) is 10.9. The van der Waals surface area contributed by atoms with Crippen molar-refractivity contribution in [3.63, 3.8) is 0 Å². The van der Waals surface area contributed by atoms with E-state index in [1.54, 1.807) is 29.4 Å². The molecule has 0 N–H and O–H groups in total. The van der Waals surface area contributed by atoms with Crippen molar-refractivity contribution in [1.82, 2.24) is 9.97 Å². The summed E-state index contributed by atoms with van der Waals surface area (Å²) < 4.78 is 4.71. The highest BCUT2D eigenvalue weighted by Gasteiger charge is 2.17. The molecule has 0 bridgehead atoms. The third-order valence-electron chi connectivity index (χ3n) is 4.49. The molecule has 2 heterocycles. The van der Waals surface area contributed by atoms with E-state index in [9.17, 15) is 4.79 Å². The van der Waals surface area contributed by atoms with Gasteiger partial charge in [0.2, 0.25) is 0 Å². The van der Waals surface area contributed by atoms with E-state index >= 15 is 0 Å². The van der Waals surface area contributed by atoms with Gasteiger partial charge in [-0.2, -0.15) is 0 Å². The highest BCUT2D eigenvalue weighted by molar-refractivity contribution is 7.99. The number of aryl methyl sites for hydroxylation is 1. The number of thiophene rings is 1. The maximum absolute atomic E-state index is 11.3. The van der Waals surface area contributed by atoms with Gasteiger partial charge in [-0.05, 0) is 30.4 Å². The first-order chi connectivity index (χ1) is 13.0. The number of carbonyl (C=O) groups is 1. The molecule has 3 aromatic rings. The van der Waals surface area contributed by atoms with E-state index in [1.165, 1.54) is 28.7 Å². The lowest BCUT2D eigenvalue weighted by Crippen LogP contribution is -2.00. The number of hydrogen-bond acceptors (Lipinski definition) is 6. The van der Waals surface area contributed by atoms with Gasteiger partial charge in [0.25, 0.3) is 0 Å². The van der Waals surface area contributed by atoms with Crippen molar-refractivity contribution in [2.24, 2.45) is 0 Å². The lowest BCUT2D eigenvalue weighted by molar-refractivity contribution is -0.140. The van der Waals surface area contributed by atoms with Crippen LogP contribution in [0, 0.1) is 6.92 Å². The second-order valence-corrected chi connectivity index (χ2v) is 8.98. The molecule has 0 aliphatic rings. The molecule has 0 atom stereocenters. The molecule has 0 fully saturated rings. The molecule has 0 aliphatic heterocycles. The zero-order chi connectivity index (χ0) is 19.4. The summed E-state index contributed by atoms with van der Waals surface area (Å²) >= 11 is 3.39. The number of esters is 1. The molecule has 0 amide bonds. The van der Waals surface area contributed by atoms with Gasteiger partial charge < -0.3 is 4.74 Å². The average molecular weight is 401 g/mol. The summed E-state index contributed by atoms with van der Waals surface area (Å²) in [6, 6.07) is 8.80. The van der Waals surface area contributed by atoms with Gasteiger partial charge >= 0.3 is 5.97 Å². The van der Waals surface area contributed by atoms with Crippen LogP contribution in [0.5, 0.6) is 0 Å². The Kier molecular flexibility index (Phi) is 6.50. The number of carbonyl (C=O) groups excluding carboxylic acids is 1. The van der Waals surface area contributed by atoms with Crippen molar-refractivity contribution in [2.45, 2.75) is 44.6 Å². The fourth-order valence-corrected chi connectivity index (χ4v) is 5.02. The van der Waals surface area contributed by atoms with E-state index in [4.69, 9.17) is 4.74 Å². The van der Waals surface area contributed by atoms with Crippen LogP contribution >= 0.6 is 23.1 Å². The Bertz CT molecular complexity index is 933. The molecule has 0 unspecified atom stereocenters. The maximum Gasteiger partial charge on any atom is 0.305 e. The molecule has 1 aromatic carbocycles. The molecule has 0 saturated heterocycles. The summed E-state index contributed by atoms with van der Waals surface area (Å²) in [4.78, 5) is 22.6. The normalized spacial score (nSPS) is 11.3. The summed E-state index contributed by atoms with van der Waals surface area (Å²) in [5.41, 5.74) is 3.76. The molecule has 0 aliphatic carbocycles. The number of nitrogens with zero attached hydrogens (tertiary/aromatic N) is 2. The van der Waals surface area contributed by atoms with Crippen molar-refractivity contribution in [3.8, 4) is 11.1 Å². The first-order valence-electron chi connectivity index (χ1n) is 9.05. The van der Waals surface area contributed by atoms with Crippen LogP contribution in [0.15, 0.2) is 35.6 Å². The first kappa shape index (κ1) is 19.8. The van der Waals surface area contributed by atoms with Crippen LogP contribution in [0.2, 0.25) is 0 Å².